The number of halogens is 1. The maximum absolute atomic E-state index is 11.1. The van der Waals surface area contributed by atoms with E-state index in [2.05, 4.69) is 30.9 Å². The molecule has 5 nitrogen and oxygen atoms in total. The first-order chi connectivity index (χ1) is 7.65. The zero-order valence-electron chi connectivity index (χ0n) is 7.98. The number of hydrogen-bond donors (Lipinski definition) is 2. The Labute approximate surface area is 104 Å². The van der Waals surface area contributed by atoms with Crippen molar-refractivity contribution >= 4 is 33.4 Å². The first-order valence-corrected chi connectivity index (χ1v) is 5.90. The van der Waals surface area contributed by atoms with Gasteiger partial charge in [-0.1, -0.05) is 0 Å². The van der Waals surface area contributed by atoms with Crippen molar-refractivity contribution in [3.05, 3.63) is 39.4 Å². The molecular formula is C9H7BrN4OS. The highest BCUT2D eigenvalue weighted by molar-refractivity contribution is 9.10. The van der Waals surface area contributed by atoms with E-state index in [0.29, 0.717) is 15.9 Å². The van der Waals surface area contributed by atoms with Gasteiger partial charge in [-0.05, 0) is 33.8 Å². The molecule has 7 heteroatoms. The van der Waals surface area contributed by atoms with E-state index in [-0.39, 0.29) is 5.56 Å². The number of rotatable bonds is 2. The summed E-state index contributed by atoms with van der Waals surface area (Å²) in [6.45, 7) is 0. The highest BCUT2D eigenvalue weighted by Crippen LogP contribution is 2.29. The number of nitrogen functional groups attached to an aromatic ring is 1. The minimum absolute atomic E-state index is 0.191. The molecule has 82 valence electrons. The molecule has 2 aromatic heterocycles. The van der Waals surface area contributed by atoms with Crippen LogP contribution in [-0.2, 0) is 0 Å². The third-order valence-electron chi connectivity index (χ3n) is 1.67. The minimum atomic E-state index is -0.191. The van der Waals surface area contributed by atoms with Crippen molar-refractivity contribution in [3.8, 4) is 0 Å². The van der Waals surface area contributed by atoms with Crippen LogP contribution in [0.5, 0.6) is 0 Å². The molecule has 0 fully saturated rings. The summed E-state index contributed by atoms with van der Waals surface area (Å²) in [4.78, 5) is 21.8. The molecular weight excluding hydrogens is 292 g/mol. The lowest BCUT2D eigenvalue weighted by atomic mass is 10.4. The molecule has 0 radical (unpaired) electrons. The molecule has 0 bridgehead atoms. The Balaban J connectivity index is 2.30. The van der Waals surface area contributed by atoms with Crippen LogP contribution < -0.4 is 11.3 Å². The summed E-state index contributed by atoms with van der Waals surface area (Å²) in [5.74, 6) is 0. The number of hydrogen-bond acceptors (Lipinski definition) is 5. The van der Waals surface area contributed by atoms with Crippen LogP contribution in [0.3, 0.4) is 0 Å². The topological polar surface area (TPSA) is 84.7 Å². The standard InChI is InChI=1S/C9H7BrN4OS/c10-6-3-5(11)4-13-8(6)16-9-12-2-1-7(15)14-9/h1-4H,11H2,(H,12,14,15). The van der Waals surface area contributed by atoms with Crippen molar-refractivity contribution in [2.75, 3.05) is 5.73 Å². The van der Waals surface area contributed by atoms with Gasteiger partial charge in [0.2, 0.25) is 0 Å². The van der Waals surface area contributed by atoms with Crippen LogP contribution in [0.2, 0.25) is 0 Å². The summed E-state index contributed by atoms with van der Waals surface area (Å²) in [5.41, 5.74) is 5.95. The Morgan fingerprint density at radius 2 is 2.25 bits per heavy atom. The molecule has 0 saturated heterocycles. The van der Waals surface area contributed by atoms with E-state index >= 15 is 0 Å². The normalized spacial score (nSPS) is 10.3. The average Bonchev–Trinajstić information content (AvgIpc) is 2.22. The van der Waals surface area contributed by atoms with Crippen LogP contribution in [0.4, 0.5) is 5.69 Å². The Hall–Kier alpha value is -1.34. The second-order valence-electron chi connectivity index (χ2n) is 2.90. The zero-order chi connectivity index (χ0) is 11.5. The Morgan fingerprint density at radius 1 is 1.44 bits per heavy atom. The molecule has 0 aliphatic rings. The molecule has 2 rings (SSSR count). The fourth-order valence-corrected chi connectivity index (χ4v) is 2.33. The average molecular weight is 299 g/mol. The van der Waals surface area contributed by atoms with E-state index in [1.165, 1.54) is 24.0 Å². The van der Waals surface area contributed by atoms with Gasteiger partial charge in [0.1, 0.15) is 5.03 Å². The first kappa shape index (κ1) is 11.2. The molecule has 0 atom stereocenters. The Kier molecular flexibility index (Phi) is 3.25. The molecule has 3 N–H and O–H groups in total. The molecule has 0 amide bonds. The van der Waals surface area contributed by atoms with Crippen LogP contribution in [0.15, 0.2) is 44.0 Å². The van der Waals surface area contributed by atoms with E-state index in [0.717, 1.165) is 4.47 Å². The number of H-pyrrole nitrogens is 1. The zero-order valence-corrected chi connectivity index (χ0v) is 10.4. The molecule has 0 aromatic carbocycles. The van der Waals surface area contributed by atoms with Gasteiger partial charge in [-0.15, -0.1) is 0 Å². The van der Waals surface area contributed by atoms with Gasteiger partial charge in [0.25, 0.3) is 5.56 Å². The molecule has 0 saturated carbocycles. The predicted molar refractivity (Wildman–Crippen MR) is 65.3 cm³/mol. The number of anilines is 1. The van der Waals surface area contributed by atoms with E-state index < -0.39 is 0 Å². The Morgan fingerprint density at radius 3 is 2.94 bits per heavy atom. The molecule has 0 aliphatic carbocycles. The first-order valence-electron chi connectivity index (χ1n) is 4.29. The van der Waals surface area contributed by atoms with Crippen molar-refractivity contribution in [1.82, 2.24) is 15.0 Å². The lowest BCUT2D eigenvalue weighted by Gasteiger charge is -2.02. The van der Waals surface area contributed by atoms with Crippen LogP contribution in [0.1, 0.15) is 0 Å². The molecule has 0 spiro atoms. The summed E-state index contributed by atoms with van der Waals surface area (Å²) in [5, 5.41) is 1.19. The van der Waals surface area contributed by atoms with Gasteiger partial charge in [0.05, 0.1) is 16.4 Å². The molecule has 16 heavy (non-hydrogen) atoms. The fourth-order valence-electron chi connectivity index (χ4n) is 1.01. The van der Waals surface area contributed by atoms with Gasteiger partial charge in [-0.2, -0.15) is 0 Å². The van der Waals surface area contributed by atoms with E-state index in [1.54, 1.807) is 12.3 Å². The molecule has 0 unspecified atom stereocenters. The van der Waals surface area contributed by atoms with Crippen LogP contribution >= 0.6 is 27.7 Å². The van der Waals surface area contributed by atoms with Crippen LogP contribution in [0.25, 0.3) is 0 Å². The number of pyridine rings is 1. The highest BCUT2D eigenvalue weighted by atomic mass is 79.9. The predicted octanol–water partition coefficient (Wildman–Crippen LogP) is 1.66. The van der Waals surface area contributed by atoms with Crippen LogP contribution in [0, 0.1) is 0 Å². The van der Waals surface area contributed by atoms with Crippen molar-refractivity contribution in [3.63, 3.8) is 0 Å². The van der Waals surface area contributed by atoms with Crippen molar-refractivity contribution in [1.29, 1.82) is 0 Å². The third-order valence-corrected chi connectivity index (χ3v) is 3.46. The maximum Gasteiger partial charge on any atom is 0.251 e. The minimum Gasteiger partial charge on any atom is -0.397 e. The third kappa shape index (κ3) is 2.61. The van der Waals surface area contributed by atoms with Gasteiger partial charge in [0.15, 0.2) is 5.16 Å². The number of aromatic nitrogens is 3. The van der Waals surface area contributed by atoms with Crippen molar-refractivity contribution in [2.45, 2.75) is 10.2 Å². The fraction of sp³-hybridized carbons (Fsp3) is 0. The molecule has 0 aliphatic heterocycles. The van der Waals surface area contributed by atoms with E-state index in [1.807, 2.05) is 0 Å². The summed E-state index contributed by atoms with van der Waals surface area (Å²) in [7, 11) is 0. The van der Waals surface area contributed by atoms with Gasteiger partial charge in [-0.25, -0.2) is 9.97 Å². The largest absolute Gasteiger partial charge is 0.397 e. The highest BCUT2D eigenvalue weighted by Gasteiger charge is 2.05. The van der Waals surface area contributed by atoms with Crippen LogP contribution in [-0.4, -0.2) is 15.0 Å². The maximum atomic E-state index is 11.1. The smallest absolute Gasteiger partial charge is 0.251 e. The molecule has 2 heterocycles. The summed E-state index contributed by atoms with van der Waals surface area (Å²) in [6.07, 6.45) is 3.00. The summed E-state index contributed by atoms with van der Waals surface area (Å²) < 4.78 is 0.768. The van der Waals surface area contributed by atoms with Gasteiger partial charge < -0.3 is 10.7 Å². The number of nitrogens with two attached hydrogens (primary N) is 1. The number of nitrogens with one attached hydrogen (secondary N) is 1. The summed E-state index contributed by atoms with van der Waals surface area (Å²) in [6, 6.07) is 3.10. The van der Waals surface area contributed by atoms with Gasteiger partial charge in [-0.3, -0.25) is 4.79 Å². The lowest BCUT2D eigenvalue weighted by molar-refractivity contribution is 0.931. The van der Waals surface area contributed by atoms with E-state index in [4.69, 9.17) is 5.73 Å². The quantitative estimate of drug-likeness (QED) is 0.824. The second kappa shape index (κ2) is 4.67. The monoisotopic (exact) mass is 298 g/mol. The van der Waals surface area contributed by atoms with Gasteiger partial charge in [0, 0.05) is 12.3 Å². The van der Waals surface area contributed by atoms with Gasteiger partial charge >= 0.3 is 0 Å². The molecule has 2 aromatic rings. The SMILES string of the molecule is Nc1cnc(Sc2nccc(=O)[nH]2)c(Br)c1. The number of aromatic amines is 1. The lowest BCUT2D eigenvalue weighted by Crippen LogP contribution is -2.05. The van der Waals surface area contributed by atoms with E-state index in [9.17, 15) is 4.79 Å². The second-order valence-corrected chi connectivity index (χ2v) is 4.73. The Bertz CT molecular complexity index is 571. The van der Waals surface area contributed by atoms with Crippen molar-refractivity contribution in [2.24, 2.45) is 0 Å². The van der Waals surface area contributed by atoms with Crippen molar-refractivity contribution < 1.29 is 0 Å². The summed E-state index contributed by atoms with van der Waals surface area (Å²) >= 11 is 4.60. The number of nitrogens with zero attached hydrogens (tertiary/aromatic N) is 2.